The summed E-state index contributed by atoms with van der Waals surface area (Å²) in [6, 6.07) is 16.0. The second kappa shape index (κ2) is 11.0. The first-order chi connectivity index (χ1) is 13.1. The van der Waals surface area contributed by atoms with E-state index in [-0.39, 0.29) is 17.9 Å². The summed E-state index contributed by atoms with van der Waals surface area (Å²) in [6.07, 6.45) is 0.434. The van der Waals surface area contributed by atoms with Gasteiger partial charge in [-0.15, -0.1) is 0 Å². The molecule has 6 nitrogen and oxygen atoms in total. The quantitative estimate of drug-likeness (QED) is 0.674. The number of benzene rings is 2. The van der Waals surface area contributed by atoms with E-state index >= 15 is 0 Å². The average molecular weight is 370 g/mol. The Kier molecular flexibility index (Phi) is 8.32. The van der Waals surface area contributed by atoms with E-state index in [0.717, 1.165) is 0 Å². The van der Waals surface area contributed by atoms with Crippen LogP contribution in [-0.4, -0.2) is 44.7 Å². The van der Waals surface area contributed by atoms with Gasteiger partial charge in [0.1, 0.15) is 5.75 Å². The molecule has 6 heteroatoms. The van der Waals surface area contributed by atoms with Crippen molar-refractivity contribution in [1.82, 2.24) is 10.6 Å². The van der Waals surface area contributed by atoms with Crippen LogP contribution in [0.4, 0.5) is 0 Å². The van der Waals surface area contributed by atoms with Crippen LogP contribution in [0.5, 0.6) is 5.75 Å². The maximum atomic E-state index is 12.2. The minimum absolute atomic E-state index is 0.117. The molecular weight excluding hydrogens is 344 g/mol. The van der Waals surface area contributed by atoms with Crippen LogP contribution in [0.25, 0.3) is 0 Å². The number of hydrogen-bond acceptors (Lipinski definition) is 4. The second-order valence-electron chi connectivity index (χ2n) is 5.93. The number of carbonyl (C=O) groups excluding carboxylic acids is 2. The maximum Gasteiger partial charge on any atom is 0.251 e. The highest BCUT2D eigenvalue weighted by Crippen LogP contribution is 2.11. The van der Waals surface area contributed by atoms with Crippen LogP contribution in [0.1, 0.15) is 34.1 Å². The molecule has 2 N–H and O–H groups in total. The molecule has 0 saturated heterocycles. The lowest BCUT2D eigenvalue weighted by atomic mass is 10.2. The Morgan fingerprint density at radius 2 is 1.56 bits per heavy atom. The van der Waals surface area contributed by atoms with Gasteiger partial charge in [0.15, 0.2) is 0 Å². The summed E-state index contributed by atoms with van der Waals surface area (Å²) in [5, 5.41) is 5.75. The van der Waals surface area contributed by atoms with Gasteiger partial charge >= 0.3 is 0 Å². The SMILES string of the molecule is CCOC(CCNC(=O)c1ccccc1)CNC(=O)c1ccc(OC)cc1. The van der Waals surface area contributed by atoms with Crippen molar-refractivity contribution in [3.05, 3.63) is 65.7 Å². The molecule has 0 heterocycles. The third kappa shape index (κ3) is 6.75. The molecule has 0 spiro atoms. The Morgan fingerprint density at radius 1 is 0.926 bits per heavy atom. The molecule has 2 rings (SSSR count). The van der Waals surface area contributed by atoms with Crippen molar-refractivity contribution in [2.75, 3.05) is 26.8 Å². The predicted octanol–water partition coefficient (Wildman–Crippen LogP) is 2.65. The van der Waals surface area contributed by atoms with Gasteiger partial charge in [-0.3, -0.25) is 9.59 Å². The van der Waals surface area contributed by atoms with Crippen LogP contribution in [0.2, 0.25) is 0 Å². The number of carbonyl (C=O) groups is 2. The Labute approximate surface area is 159 Å². The van der Waals surface area contributed by atoms with Gasteiger partial charge in [-0.1, -0.05) is 18.2 Å². The van der Waals surface area contributed by atoms with Crippen LogP contribution in [0.15, 0.2) is 54.6 Å². The van der Waals surface area contributed by atoms with E-state index in [9.17, 15) is 9.59 Å². The minimum Gasteiger partial charge on any atom is -0.497 e. The summed E-state index contributed by atoms with van der Waals surface area (Å²) < 4.78 is 10.8. The van der Waals surface area contributed by atoms with Gasteiger partial charge in [-0.2, -0.15) is 0 Å². The number of hydrogen-bond donors (Lipinski definition) is 2. The predicted molar refractivity (Wildman–Crippen MR) is 104 cm³/mol. The Hall–Kier alpha value is -2.86. The lowest BCUT2D eigenvalue weighted by Crippen LogP contribution is -2.36. The fraction of sp³-hybridized carbons (Fsp3) is 0.333. The summed E-state index contributed by atoms with van der Waals surface area (Å²) >= 11 is 0. The Bertz CT molecular complexity index is 717. The molecular formula is C21H26N2O4. The van der Waals surface area contributed by atoms with Gasteiger partial charge in [-0.25, -0.2) is 0 Å². The van der Waals surface area contributed by atoms with E-state index in [2.05, 4.69) is 10.6 Å². The summed E-state index contributed by atoms with van der Waals surface area (Å²) in [4.78, 5) is 24.3. The van der Waals surface area contributed by atoms with Gasteiger partial charge in [0.25, 0.3) is 11.8 Å². The number of ether oxygens (including phenoxy) is 2. The second-order valence-corrected chi connectivity index (χ2v) is 5.93. The van der Waals surface area contributed by atoms with Gasteiger partial charge in [0.2, 0.25) is 0 Å². The van der Waals surface area contributed by atoms with E-state index in [1.807, 2.05) is 25.1 Å². The van der Waals surface area contributed by atoms with Crippen molar-refractivity contribution in [2.24, 2.45) is 0 Å². The van der Waals surface area contributed by atoms with Crippen LogP contribution < -0.4 is 15.4 Å². The molecule has 0 fully saturated rings. The van der Waals surface area contributed by atoms with Crippen molar-refractivity contribution in [2.45, 2.75) is 19.4 Å². The Balaban J connectivity index is 1.78. The first-order valence-electron chi connectivity index (χ1n) is 9.01. The highest BCUT2D eigenvalue weighted by Gasteiger charge is 2.13. The standard InChI is InChI=1S/C21H26N2O4/c1-3-27-19(13-14-22-20(24)16-7-5-4-6-8-16)15-23-21(25)17-9-11-18(26-2)12-10-17/h4-12,19H,3,13-15H2,1-2H3,(H,22,24)(H,23,25). The van der Waals surface area contributed by atoms with Crippen molar-refractivity contribution in [1.29, 1.82) is 0 Å². The zero-order valence-corrected chi connectivity index (χ0v) is 15.7. The fourth-order valence-corrected chi connectivity index (χ4v) is 2.57. The summed E-state index contributed by atoms with van der Waals surface area (Å²) in [5.74, 6) is 0.414. The average Bonchev–Trinajstić information content (AvgIpc) is 2.72. The molecule has 2 amide bonds. The molecule has 2 aromatic rings. The smallest absolute Gasteiger partial charge is 0.251 e. The Morgan fingerprint density at radius 3 is 2.19 bits per heavy atom. The summed E-state index contributed by atoms with van der Waals surface area (Å²) in [7, 11) is 1.58. The highest BCUT2D eigenvalue weighted by atomic mass is 16.5. The van der Waals surface area contributed by atoms with E-state index < -0.39 is 0 Å². The topological polar surface area (TPSA) is 76.7 Å². The molecule has 1 unspecified atom stereocenters. The van der Waals surface area contributed by atoms with Gasteiger partial charge in [0.05, 0.1) is 13.2 Å². The van der Waals surface area contributed by atoms with Crippen molar-refractivity contribution in [3.63, 3.8) is 0 Å². The summed E-state index contributed by atoms with van der Waals surface area (Å²) in [5.41, 5.74) is 1.18. The van der Waals surface area contributed by atoms with Crippen molar-refractivity contribution in [3.8, 4) is 5.75 Å². The highest BCUT2D eigenvalue weighted by molar-refractivity contribution is 5.94. The number of nitrogens with one attached hydrogen (secondary N) is 2. The molecule has 0 saturated carbocycles. The van der Waals surface area contributed by atoms with E-state index in [1.54, 1.807) is 43.5 Å². The molecule has 0 radical (unpaired) electrons. The van der Waals surface area contributed by atoms with Gasteiger partial charge in [-0.05, 0) is 49.7 Å². The van der Waals surface area contributed by atoms with Crippen LogP contribution in [0, 0.1) is 0 Å². The third-order valence-corrected chi connectivity index (χ3v) is 4.03. The monoisotopic (exact) mass is 370 g/mol. The first kappa shape index (κ1) is 20.5. The summed E-state index contributed by atoms with van der Waals surface area (Å²) in [6.45, 7) is 3.28. The van der Waals surface area contributed by atoms with E-state index in [0.29, 0.717) is 43.0 Å². The number of methoxy groups -OCH3 is 1. The van der Waals surface area contributed by atoms with Crippen molar-refractivity contribution < 1.29 is 19.1 Å². The largest absolute Gasteiger partial charge is 0.497 e. The molecule has 0 aromatic heterocycles. The van der Waals surface area contributed by atoms with E-state index in [1.165, 1.54) is 0 Å². The lowest BCUT2D eigenvalue weighted by Gasteiger charge is -2.18. The molecule has 2 aromatic carbocycles. The number of rotatable bonds is 10. The molecule has 1 atom stereocenters. The molecule has 0 aliphatic carbocycles. The first-order valence-corrected chi connectivity index (χ1v) is 9.01. The third-order valence-electron chi connectivity index (χ3n) is 4.03. The van der Waals surface area contributed by atoms with Crippen molar-refractivity contribution >= 4 is 11.8 Å². The van der Waals surface area contributed by atoms with Gasteiger partial charge in [0, 0.05) is 30.8 Å². The zero-order chi connectivity index (χ0) is 19.5. The minimum atomic E-state index is -0.173. The van der Waals surface area contributed by atoms with Crippen LogP contribution in [-0.2, 0) is 4.74 Å². The van der Waals surface area contributed by atoms with Crippen LogP contribution >= 0.6 is 0 Å². The van der Waals surface area contributed by atoms with E-state index in [4.69, 9.17) is 9.47 Å². The van der Waals surface area contributed by atoms with Gasteiger partial charge < -0.3 is 20.1 Å². The molecule has 0 bridgehead atoms. The zero-order valence-electron chi connectivity index (χ0n) is 15.7. The normalized spacial score (nSPS) is 11.5. The fourth-order valence-electron chi connectivity index (χ4n) is 2.57. The molecule has 0 aliphatic rings. The maximum absolute atomic E-state index is 12.2. The molecule has 0 aliphatic heterocycles. The molecule has 27 heavy (non-hydrogen) atoms. The molecule has 144 valence electrons. The van der Waals surface area contributed by atoms with Crippen LogP contribution in [0.3, 0.4) is 0 Å². The number of amides is 2. The lowest BCUT2D eigenvalue weighted by molar-refractivity contribution is 0.0534.